The molecule has 4 aliphatic heterocycles. The third kappa shape index (κ3) is 8.70. The number of aromatic hydroxyl groups is 2. The van der Waals surface area contributed by atoms with Gasteiger partial charge in [-0.2, -0.15) is 0 Å². The Morgan fingerprint density at radius 2 is 1.75 bits per heavy atom. The number of nitrogens with zero attached hydrogens (tertiary/aromatic N) is 2. The summed E-state index contributed by atoms with van der Waals surface area (Å²) in [6.45, 7) is 17.5. The zero-order valence-corrected chi connectivity index (χ0v) is 40.4. The molecule has 0 radical (unpaired) electrons. The molecular formula is C52H63N3O13. The zero-order chi connectivity index (χ0) is 49.1. The lowest BCUT2D eigenvalue weighted by atomic mass is 9.73. The maximum absolute atomic E-state index is 14.9. The van der Waals surface area contributed by atoms with E-state index in [0.717, 1.165) is 12.5 Å². The maximum Gasteiger partial charge on any atom is 0.312 e. The Morgan fingerprint density at radius 1 is 1.00 bits per heavy atom. The number of piperidine rings is 1. The van der Waals surface area contributed by atoms with E-state index in [2.05, 4.69) is 10.2 Å². The molecule has 2 aliphatic carbocycles. The Kier molecular flexibility index (Phi) is 13.4. The van der Waals surface area contributed by atoms with Crippen LogP contribution >= 0.6 is 0 Å². The number of likely N-dealkylation sites (tertiary alicyclic amines) is 1. The number of ether oxygens (including phenoxy) is 5. The van der Waals surface area contributed by atoms with Crippen LogP contribution in [0.4, 0.5) is 5.69 Å². The quantitative estimate of drug-likeness (QED) is 0.0824. The van der Waals surface area contributed by atoms with Crippen molar-refractivity contribution in [1.29, 1.82) is 0 Å². The van der Waals surface area contributed by atoms with Gasteiger partial charge in [-0.05, 0) is 62.9 Å². The van der Waals surface area contributed by atoms with E-state index in [1.165, 1.54) is 65.5 Å². The number of aromatic nitrogens is 1. The molecule has 2 fully saturated rings. The number of allylic oxidation sites excluding steroid dienone is 2. The van der Waals surface area contributed by atoms with Crippen LogP contribution in [0.5, 0.6) is 23.0 Å². The summed E-state index contributed by atoms with van der Waals surface area (Å²) in [5, 5.41) is 37.1. The smallest absolute Gasteiger partial charge is 0.312 e. The number of Topliss-reactive ketones (excluding diaryl/α,β-unsaturated/α-hetero) is 1. The number of aliphatic hydroxyl groups is 1. The van der Waals surface area contributed by atoms with Gasteiger partial charge in [-0.15, -0.1) is 0 Å². The standard InChI is InChI=1S/C52H63N3O13/c1-24-12-11-13-25(2)51(62)54-43-46(60)39-38(42-49(43)67-37-22-34(21-35(57)41(37)53-42)64-19-17-55-23-32-14-15-33(55)20-32)40-48(30(7)45(39)59)68-52(9,50(40)61)65-18-16-36(63-10)29(6)47(66-31(8)56)28(5)26(3)27(4)44(24)58/h11-13,16,18,21-22,24,26-29,32-33,36,44,47,57-59H,14-15,17,19-20,23H2,1-10H3,(H,54,62)/b12-11+,18-16+,25-13-/t24-,26+,27-,28+,29+,32?,33?,36-,44-,47-,52-/m0/s1. The maximum atomic E-state index is 14.9. The van der Waals surface area contributed by atoms with Gasteiger partial charge in [0.05, 0.1) is 29.4 Å². The first kappa shape index (κ1) is 48.5. The van der Waals surface area contributed by atoms with Gasteiger partial charge in [-0.1, -0.05) is 52.8 Å². The summed E-state index contributed by atoms with van der Waals surface area (Å²) in [5.74, 6) is -5.64. The highest BCUT2D eigenvalue weighted by Gasteiger charge is 2.50. The van der Waals surface area contributed by atoms with E-state index in [4.69, 9.17) is 33.1 Å². The molecule has 8 rings (SSSR count). The van der Waals surface area contributed by atoms with Crippen LogP contribution in [0.15, 0.2) is 57.5 Å². The molecule has 1 amide bonds. The number of hydrogen-bond acceptors (Lipinski definition) is 15. The monoisotopic (exact) mass is 937 g/mol. The van der Waals surface area contributed by atoms with E-state index in [1.807, 2.05) is 34.6 Å². The molecule has 11 atom stereocenters. The molecule has 1 saturated carbocycles. The van der Waals surface area contributed by atoms with Gasteiger partial charge in [0.15, 0.2) is 11.3 Å². The van der Waals surface area contributed by atoms with E-state index < -0.39 is 58.9 Å². The van der Waals surface area contributed by atoms with Gasteiger partial charge < -0.3 is 48.7 Å². The summed E-state index contributed by atoms with van der Waals surface area (Å²) < 4.78 is 36.8. The number of hydrogen-bond donors (Lipinski definition) is 4. The topological polar surface area (TPSA) is 216 Å². The van der Waals surface area contributed by atoms with E-state index in [1.54, 1.807) is 31.2 Å². The van der Waals surface area contributed by atoms with Crippen LogP contribution in [-0.2, 0) is 23.8 Å². The van der Waals surface area contributed by atoms with Gasteiger partial charge in [0.25, 0.3) is 11.7 Å². The average molecular weight is 938 g/mol. The van der Waals surface area contributed by atoms with Crippen molar-refractivity contribution in [3.8, 4) is 34.5 Å². The lowest BCUT2D eigenvalue weighted by Gasteiger charge is -2.39. The lowest BCUT2D eigenvalue weighted by Crippen LogP contribution is -2.43. The van der Waals surface area contributed by atoms with Crippen LogP contribution in [0.3, 0.4) is 0 Å². The van der Waals surface area contributed by atoms with Crippen molar-refractivity contribution in [3.63, 3.8) is 0 Å². The molecule has 16 nitrogen and oxygen atoms in total. The van der Waals surface area contributed by atoms with Crippen molar-refractivity contribution in [2.45, 2.75) is 112 Å². The second kappa shape index (κ2) is 18.8. The number of phenolic OH excluding ortho intramolecular Hbond substituents is 2. The van der Waals surface area contributed by atoms with Crippen LogP contribution in [0.2, 0.25) is 0 Å². The zero-order valence-electron chi connectivity index (χ0n) is 40.4. The van der Waals surface area contributed by atoms with Gasteiger partial charge >= 0.3 is 11.8 Å². The van der Waals surface area contributed by atoms with Gasteiger partial charge in [0.1, 0.15) is 52.6 Å². The molecule has 6 bridgehead atoms. The Bertz CT molecular complexity index is 2780. The van der Waals surface area contributed by atoms with E-state index >= 15 is 0 Å². The van der Waals surface area contributed by atoms with Crippen molar-refractivity contribution in [3.05, 3.63) is 69.6 Å². The Labute approximate surface area is 395 Å². The highest BCUT2D eigenvalue weighted by atomic mass is 16.7. The first-order valence-electron chi connectivity index (χ1n) is 23.6. The predicted octanol–water partition coefficient (Wildman–Crippen LogP) is 7.79. The molecule has 364 valence electrons. The van der Waals surface area contributed by atoms with E-state index in [0.29, 0.717) is 19.2 Å². The van der Waals surface area contributed by atoms with Crippen molar-refractivity contribution >= 4 is 45.2 Å². The molecular weight excluding hydrogens is 875 g/mol. The number of rotatable bonds is 6. The highest BCUT2D eigenvalue weighted by Crippen LogP contribution is 2.51. The van der Waals surface area contributed by atoms with Gasteiger partial charge in [0, 0.05) is 80.6 Å². The van der Waals surface area contributed by atoms with Crippen LogP contribution in [0, 0.1) is 42.4 Å². The summed E-state index contributed by atoms with van der Waals surface area (Å²) in [6.07, 6.45) is 9.24. The van der Waals surface area contributed by atoms with Gasteiger partial charge in [-0.25, -0.2) is 4.98 Å². The third-order valence-corrected chi connectivity index (χ3v) is 15.1. The second-order valence-electron chi connectivity index (χ2n) is 19.6. The molecule has 2 unspecified atom stereocenters. The van der Waals surface area contributed by atoms with Gasteiger partial charge in [-0.3, -0.25) is 24.1 Å². The summed E-state index contributed by atoms with van der Waals surface area (Å²) in [5.41, 5.74) is -1.33. The Morgan fingerprint density at radius 3 is 2.43 bits per heavy atom. The number of methoxy groups -OCH3 is 1. The lowest BCUT2D eigenvalue weighted by molar-refractivity contribution is -0.157. The van der Waals surface area contributed by atoms with Gasteiger partial charge in [0.2, 0.25) is 5.43 Å². The molecule has 4 N–H and O–H groups in total. The predicted molar refractivity (Wildman–Crippen MR) is 254 cm³/mol. The fourth-order valence-electron chi connectivity index (χ4n) is 10.7. The number of amides is 1. The SMILES string of the molecule is CO[C@H]1/C=C/O[C@@]2(C)Oc3c(C)c(O)c4c(=O)c(c5oc6cc(OCCN7CC8CCC7C8)cc(O)c6nc-5c4c3C2=O)NC(=O)/C(C)=C\C=C\[C@H](C)[C@H](O)[C@@H](C)[C@@H](C)[C@@H](C)[C@H](OC(C)=O)[C@@H]1C. The normalized spacial score (nSPS) is 32.0. The molecule has 2 aromatic rings. The van der Waals surface area contributed by atoms with Crippen LogP contribution in [0.25, 0.3) is 33.3 Å². The first-order chi connectivity index (χ1) is 32.2. The molecule has 4 heterocycles. The molecule has 0 spiro atoms. The van der Waals surface area contributed by atoms with Crippen molar-refractivity contribution < 1.29 is 57.8 Å². The van der Waals surface area contributed by atoms with Crippen LogP contribution in [0.1, 0.15) is 90.6 Å². The fourth-order valence-corrected chi connectivity index (χ4v) is 10.7. The van der Waals surface area contributed by atoms with Crippen molar-refractivity contribution in [2.24, 2.45) is 35.5 Å². The van der Waals surface area contributed by atoms with Crippen LogP contribution in [-0.4, -0.2) is 99.8 Å². The minimum absolute atomic E-state index is 0.0163. The number of nitrogens with one attached hydrogen (secondary N) is 1. The minimum atomic E-state index is -2.05. The number of carbonyl (C=O) groups is 3. The highest BCUT2D eigenvalue weighted by molar-refractivity contribution is 6.22. The average Bonchev–Trinajstić information content (AvgIpc) is 4.01. The number of benzene rings is 3. The second-order valence-corrected chi connectivity index (χ2v) is 19.6. The third-order valence-electron chi connectivity index (χ3n) is 15.1. The first-order valence-corrected chi connectivity index (χ1v) is 23.6. The number of carbonyl (C=O) groups excluding carboxylic acids is 3. The summed E-state index contributed by atoms with van der Waals surface area (Å²) in [4.78, 5) is 63.4. The number of fused-ring (bicyclic) bond motifs is 4. The molecule has 16 heteroatoms. The number of ketones is 1. The number of phenols is 2. The molecule has 6 aliphatic rings. The largest absolute Gasteiger partial charge is 0.507 e. The molecule has 68 heavy (non-hydrogen) atoms. The summed E-state index contributed by atoms with van der Waals surface area (Å²) in [7, 11) is 1.50. The summed E-state index contributed by atoms with van der Waals surface area (Å²) >= 11 is 0. The molecule has 1 saturated heterocycles. The molecule has 2 aromatic carbocycles. The number of esters is 1. The van der Waals surface area contributed by atoms with Crippen LogP contribution < -0.4 is 20.2 Å². The Hall–Kier alpha value is -5.97. The Balaban J connectivity index is 1.27. The number of anilines is 1. The summed E-state index contributed by atoms with van der Waals surface area (Å²) in [6, 6.07) is 3.50. The minimum Gasteiger partial charge on any atom is -0.507 e. The van der Waals surface area contributed by atoms with Crippen molar-refractivity contribution in [1.82, 2.24) is 9.88 Å². The molecule has 0 aromatic heterocycles. The van der Waals surface area contributed by atoms with E-state index in [9.17, 15) is 34.5 Å². The van der Waals surface area contributed by atoms with Crippen molar-refractivity contribution in [2.75, 3.05) is 32.1 Å². The number of aliphatic hydroxyl groups excluding tert-OH is 1. The van der Waals surface area contributed by atoms with E-state index in [-0.39, 0.29) is 96.6 Å². The fraction of sp³-hybridized carbons (Fsp3) is 0.519.